The molecule has 8 nitrogen and oxygen atoms in total. The molecule has 5 rings (SSSR count). The number of nitrogens with zero attached hydrogens (tertiary/aromatic N) is 6. The third-order valence-electron chi connectivity index (χ3n) is 5.64. The minimum Gasteiger partial charge on any atom is -0.340 e. The van der Waals surface area contributed by atoms with Crippen molar-refractivity contribution < 1.29 is 4.79 Å². The molecule has 1 amide bonds. The van der Waals surface area contributed by atoms with Crippen LogP contribution in [-0.4, -0.2) is 74.0 Å². The van der Waals surface area contributed by atoms with Gasteiger partial charge in [0.25, 0.3) is 5.56 Å². The predicted octanol–water partition coefficient (Wildman–Crippen LogP) is 1.39. The number of aromatic nitrogens is 4. The Morgan fingerprint density at radius 1 is 1.17 bits per heavy atom. The molecule has 4 heterocycles. The highest BCUT2D eigenvalue weighted by atomic mass is 32.2. The molecule has 0 unspecified atom stereocenters. The molecule has 1 atom stereocenters. The van der Waals surface area contributed by atoms with Crippen LogP contribution < -0.4 is 5.56 Å². The Morgan fingerprint density at radius 2 is 1.93 bits per heavy atom. The Morgan fingerprint density at radius 3 is 2.69 bits per heavy atom. The van der Waals surface area contributed by atoms with Crippen molar-refractivity contribution in [2.75, 3.05) is 39.0 Å². The van der Waals surface area contributed by atoms with E-state index in [1.807, 2.05) is 35.2 Å². The van der Waals surface area contributed by atoms with E-state index in [0.29, 0.717) is 28.4 Å². The number of piperazine rings is 1. The van der Waals surface area contributed by atoms with E-state index in [4.69, 9.17) is 4.98 Å². The van der Waals surface area contributed by atoms with Gasteiger partial charge in [-0.1, -0.05) is 30.0 Å². The van der Waals surface area contributed by atoms with Gasteiger partial charge in [-0.25, -0.2) is 9.67 Å². The maximum absolute atomic E-state index is 13.2. The SMILES string of the molecule is CN1CCN(C(=O)C[C@@H]2CSc3nc4c(cnn4-c4ccccc4)c(=O)n32)CC1. The zero-order valence-corrected chi connectivity index (χ0v) is 17.0. The van der Waals surface area contributed by atoms with Gasteiger partial charge in [-0.05, 0) is 19.2 Å². The van der Waals surface area contributed by atoms with Crippen LogP contribution in [0.5, 0.6) is 0 Å². The summed E-state index contributed by atoms with van der Waals surface area (Å²) in [5.41, 5.74) is 1.31. The van der Waals surface area contributed by atoms with Crippen LogP contribution in [0.3, 0.4) is 0 Å². The second-order valence-corrected chi connectivity index (χ2v) is 8.54. The van der Waals surface area contributed by atoms with Gasteiger partial charge in [-0.15, -0.1) is 0 Å². The Hall–Kier alpha value is -2.65. The standard InChI is InChI=1S/C20H22N6O2S/c1-23-7-9-24(10-8-23)17(27)11-15-13-29-20-22-18-16(19(28)25(15)20)12-21-26(18)14-5-3-2-4-6-14/h2-6,12,15H,7-11,13H2,1H3/t15-/m1/s1. The molecule has 2 aliphatic rings. The molecule has 0 spiro atoms. The summed E-state index contributed by atoms with van der Waals surface area (Å²) in [4.78, 5) is 34.8. The lowest BCUT2D eigenvalue weighted by Crippen LogP contribution is -2.47. The number of likely N-dealkylation sites (N-methyl/N-ethyl adjacent to an activating group) is 1. The molecule has 150 valence electrons. The molecule has 0 N–H and O–H groups in total. The van der Waals surface area contributed by atoms with Crippen LogP contribution in [0.4, 0.5) is 0 Å². The van der Waals surface area contributed by atoms with Crippen molar-refractivity contribution >= 4 is 28.7 Å². The van der Waals surface area contributed by atoms with Gasteiger partial charge >= 0.3 is 0 Å². The van der Waals surface area contributed by atoms with Gasteiger partial charge in [0.05, 0.1) is 17.9 Å². The van der Waals surface area contributed by atoms with E-state index in [0.717, 1.165) is 31.9 Å². The summed E-state index contributed by atoms with van der Waals surface area (Å²) in [6, 6.07) is 9.50. The van der Waals surface area contributed by atoms with Crippen LogP contribution in [0.15, 0.2) is 46.5 Å². The molecule has 1 saturated heterocycles. The number of carbonyl (C=O) groups is 1. The van der Waals surface area contributed by atoms with E-state index in [1.165, 1.54) is 11.8 Å². The quantitative estimate of drug-likeness (QED) is 0.608. The first kappa shape index (κ1) is 18.4. The van der Waals surface area contributed by atoms with Crippen molar-refractivity contribution in [3.8, 4) is 5.69 Å². The number of benzene rings is 1. The second-order valence-electron chi connectivity index (χ2n) is 7.55. The molecule has 1 aromatic carbocycles. The number of amides is 1. The topological polar surface area (TPSA) is 76.3 Å². The fourth-order valence-electron chi connectivity index (χ4n) is 3.93. The van der Waals surface area contributed by atoms with Crippen molar-refractivity contribution in [3.63, 3.8) is 0 Å². The number of fused-ring (bicyclic) bond motifs is 2. The lowest BCUT2D eigenvalue weighted by molar-refractivity contribution is -0.133. The maximum Gasteiger partial charge on any atom is 0.265 e. The molecule has 0 bridgehead atoms. The van der Waals surface area contributed by atoms with Crippen molar-refractivity contribution in [2.45, 2.75) is 17.6 Å². The number of rotatable bonds is 3. The minimum atomic E-state index is -0.161. The maximum atomic E-state index is 13.2. The Kier molecular flexibility index (Phi) is 4.63. The van der Waals surface area contributed by atoms with Crippen molar-refractivity contribution in [1.29, 1.82) is 0 Å². The van der Waals surface area contributed by atoms with Gasteiger partial charge < -0.3 is 9.80 Å². The van der Waals surface area contributed by atoms with E-state index >= 15 is 0 Å². The monoisotopic (exact) mass is 410 g/mol. The largest absolute Gasteiger partial charge is 0.340 e. The summed E-state index contributed by atoms with van der Waals surface area (Å²) in [7, 11) is 2.07. The molecule has 9 heteroatoms. The van der Waals surface area contributed by atoms with E-state index in [9.17, 15) is 9.59 Å². The highest BCUT2D eigenvalue weighted by Gasteiger charge is 2.31. The normalized spacial score (nSPS) is 19.6. The Bertz CT molecular complexity index is 1120. The van der Waals surface area contributed by atoms with E-state index in [-0.39, 0.29) is 17.5 Å². The molecule has 1 fully saturated rings. The zero-order valence-electron chi connectivity index (χ0n) is 16.2. The number of para-hydroxylation sites is 1. The fraction of sp³-hybridized carbons (Fsp3) is 0.400. The van der Waals surface area contributed by atoms with Crippen LogP contribution in [0, 0.1) is 0 Å². The molecule has 0 radical (unpaired) electrons. The molecule has 2 aromatic heterocycles. The highest BCUT2D eigenvalue weighted by molar-refractivity contribution is 7.99. The molecule has 29 heavy (non-hydrogen) atoms. The van der Waals surface area contributed by atoms with Gasteiger partial charge in [0, 0.05) is 38.4 Å². The van der Waals surface area contributed by atoms with Crippen LogP contribution in [0.2, 0.25) is 0 Å². The van der Waals surface area contributed by atoms with Crippen molar-refractivity contribution in [2.24, 2.45) is 0 Å². The van der Waals surface area contributed by atoms with Crippen LogP contribution >= 0.6 is 11.8 Å². The Balaban J connectivity index is 1.45. The van der Waals surface area contributed by atoms with Crippen LogP contribution in [-0.2, 0) is 4.79 Å². The summed E-state index contributed by atoms with van der Waals surface area (Å²) in [5, 5.41) is 5.53. The van der Waals surface area contributed by atoms with Gasteiger partial charge in [-0.3, -0.25) is 14.2 Å². The first-order chi connectivity index (χ1) is 14.1. The molecule has 0 aliphatic carbocycles. The third-order valence-corrected chi connectivity index (χ3v) is 6.74. The minimum absolute atomic E-state index is 0.114. The summed E-state index contributed by atoms with van der Waals surface area (Å²) < 4.78 is 3.39. The third kappa shape index (κ3) is 3.24. The molecular formula is C20H22N6O2S. The van der Waals surface area contributed by atoms with Gasteiger partial charge in [0.1, 0.15) is 5.39 Å². The summed E-state index contributed by atoms with van der Waals surface area (Å²) in [6.07, 6.45) is 1.91. The van der Waals surface area contributed by atoms with Gasteiger partial charge in [-0.2, -0.15) is 5.10 Å². The average molecular weight is 411 g/mol. The second kappa shape index (κ2) is 7.31. The molecule has 3 aromatic rings. The summed E-state index contributed by atoms with van der Waals surface area (Å²) in [5.74, 6) is 0.802. The first-order valence-corrected chi connectivity index (χ1v) is 10.7. The molecular weight excluding hydrogens is 388 g/mol. The van der Waals surface area contributed by atoms with Crippen LogP contribution in [0.25, 0.3) is 16.7 Å². The summed E-state index contributed by atoms with van der Waals surface area (Å²) in [6.45, 7) is 3.28. The van der Waals surface area contributed by atoms with Crippen molar-refractivity contribution in [1.82, 2.24) is 29.1 Å². The van der Waals surface area contributed by atoms with Crippen LogP contribution in [0.1, 0.15) is 12.5 Å². The number of carbonyl (C=O) groups excluding carboxylic acids is 1. The zero-order chi connectivity index (χ0) is 20.0. The molecule has 2 aliphatic heterocycles. The van der Waals surface area contributed by atoms with Gasteiger partial charge in [0.2, 0.25) is 5.91 Å². The lowest BCUT2D eigenvalue weighted by Gasteiger charge is -2.33. The summed E-state index contributed by atoms with van der Waals surface area (Å²) >= 11 is 1.53. The van der Waals surface area contributed by atoms with Crippen molar-refractivity contribution in [3.05, 3.63) is 46.9 Å². The average Bonchev–Trinajstić information content (AvgIpc) is 3.34. The van der Waals surface area contributed by atoms with E-state index in [1.54, 1.807) is 15.4 Å². The number of hydrogen-bond donors (Lipinski definition) is 0. The fourth-order valence-corrected chi connectivity index (χ4v) is 5.06. The lowest BCUT2D eigenvalue weighted by atomic mass is 10.2. The van der Waals surface area contributed by atoms with Gasteiger partial charge in [0.15, 0.2) is 10.8 Å². The number of thioether (sulfide) groups is 1. The smallest absolute Gasteiger partial charge is 0.265 e. The van der Waals surface area contributed by atoms with E-state index in [2.05, 4.69) is 17.0 Å². The molecule has 0 saturated carbocycles. The highest BCUT2D eigenvalue weighted by Crippen LogP contribution is 2.33. The predicted molar refractivity (Wildman–Crippen MR) is 112 cm³/mol. The Labute approximate surface area is 172 Å². The first-order valence-electron chi connectivity index (χ1n) is 9.76. The number of hydrogen-bond acceptors (Lipinski definition) is 6. The van der Waals surface area contributed by atoms with E-state index < -0.39 is 0 Å².